The summed E-state index contributed by atoms with van der Waals surface area (Å²) < 4.78 is 55.7. The maximum Gasteiger partial charge on any atom is 0.204 e. The summed E-state index contributed by atoms with van der Waals surface area (Å²) in [6.07, 6.45) is 0. The van der Waals surface area contributed by atoms with Crippen molar-refractivity contribution in [2.24, 2.45) is 0 Å². The zero-order valence-corrected chi connectivity index (χ0v) is 17.2. The highest BCUT2D eigenvalue weighted by Gasteiger charge is 2.24. The van der Waals surface area contributed by atoms with E-state index in [1.807, 2.05) is 0 Å². The van der Waals surface area contributed by atoms with E-state index in [4.69, 9.17) is 23.4 Å². The highest BCUT2D eigenvalue weighted by Crippen LogP contribution is 2.44. The summed E-state index contributed by atoms with van der Waals surface area (Å²) in [7, 11) is 5.66. The Morgan fingerprint density at radius 1 is 0.742 bits per heavy atom. The van der Waals surface area contributed by atoms with Crippen molar-refractivity contribution in [2.45, 2.75) is 0 Å². The van der Waals surface area contributed by atoms with Gasteiger partial charge < -0.3 is 23.4 Å². The normalized spacial score (nSPS) is 11.0. The molecule has 0 spiro atoms. The molecule has 0 aliphatic carbocycles. The first-order valence-electron chi connectivity index (χ1n) is 9.16. The fourth-order valence-corrected chi connectivity index (χ4v) is 3.64. The number of rotatable bonds is 5. The van der Waals surface area contributed by atoms with Gasteiger partial charge in [0.1, 0.15) is 28.5 Å². The first kappa shape index (κ1) is 20.5. The van der Waals surface area contributed by atoms with Crippen LogP contribution in [0.2, 0.25) is 0 Å². The SMILES string of the molecule is COc1ccc2c(=O)c3c(OC)cc(OC)c(-c4cc(F)cc(F)c4)c3oc2c1OC. The third kappa shape index (κ3) is 3.20. The summed E-state index contributed by atoms with van der Waals surface area (Å²) in [5.41, 5.74) is 0.0693. The Bertz CT molecular complexity index is 1360. The van der Waals surface area contributed by atoms with Crippen LogP contribution >= 0.6 is 0 Å². The van der Waals surface area contributed by atoms with Gasteiger partial charge in [0.05, 0.1) is 39.4 Å². The molecule has 0 bridgehead atoms. The molecule has 6 nitrogen and oxygen atoms in total. The minimum atomic E-state index is -0.789. The molecule has 4 rings (SSSR count). The molecule has 0 atom stereocenters. The Kier molecular flexibility index (Phi) is 5.14. The minimum absolute atomic E-state index is 0.0326. The Balaban J connectivity index is 2.27. The Morgan fingerprint density at radius 3 is 1.97 bits per heavy atom. The van der Waals surface area contributed by atoms with Gasteiger partial charge in [-0.3, -0.25) is 4.79 Å². The predicted octanol–water partition coefficient (Wildman–Crippen LogP) is 4.93. The maximum atomic E-state index is 14.0. The highest BCUT2D eigenvalue weighted by atomic mass is 19.1. The number of hydrogen-bond donors (Lipinski definition) is 0. The zero-order valence-electron chi connectivity index (χ0n) is 17.2. The van der Waals surface area contributed by atoms with Crippen molar-refractivity contribution < 1.29 is 32.1 Å². The van der Waals surface area contributed by atoms with Gasteiger partial charge in [-0.25, -0.2) is 8.78 Å². The van der Waals surface area contributed by atoms with Gasteiger partial charge in [0.15, 0.2) is 16.9 Å². The predicted molar refractivity (Wildman–Crippen MR) is 112 cm³/mol. The third-order valence-corrected chi connectivity index (χ3v) is 4.98. The van der Waals surface area contributed by atoms with Crippen LogP contribution in [-0.2, 0) is 0 Å². The highest BCUT2D eigenvalue weighted by molar-refractivity contribution is 6.04. The summed E-state index contributed by atoms with van der Waals surface area (Å²) in [4.78, 5) is 13.4. The Labute approximate surface area is 175 Å². The lowest BCUT2D eigenvalue weighted by Gasteiger charge is -2.16. The second-order valence-corrected chi connectivity index (χ2v) is 6.63. The molecule has 8 heteroatoms. The van der Waals surface area contributed by atoms with Gasteiger partial charge >= 0.3 is 0 Å². The number of fused-ring (bicyclic) bond motifs is 2. The van der Waals surface area contributed by atoms with Crippen LogP contribution in [0.5, 0.6) is 23.0 Å². The summed E-state index contributed by atoms with van der Waals surface area (Å²) in [5, 5.41) is 0.327. The summed E-state index contributed by atoms with van der Waals surface area (Å²) in [5.74, 6) is -0.619. The van der Waals surface area contributed by atoms with Crippen LogP contribution in [-0.4, -0.2) is 28.4 Å². The van der Waals surface area contributed by atoms with Crippen molar-refractivity contribution in [3.05, 3.63) is 58.3 Å². The van der Waals surface area contributed by atoms with Gasteiger partial charge in [-0.15, -0.1) is 0 Å². The first-order chi connectivity index (χ1) is 14.9. The molecule has 4 aromatic rings. The van der Waals surface area contributed by atoms with Gasteiger partial charge in [0.25, 0.3) is 0 Å². The molecule has 0 radical (unpaired) electrons. The van der Waals surface area contributed by atoms with Crippen molar-refractivity contribution >= 4 is 21.9 Å². The van der Waals surface area contributed by atoms with E-state index in [0.717, 1.165) is 18.2 Å². The molecular weight excluding hydrogens is 410 g/mol. The van der Waals surface area contributed by atoms with Crippen LogP contribution in [0.25, 0.3) is 33.1 Å². The van der Waals surface area contributed by atoms with E-state index in [1.165, 1.54) is 34.5 Å². The van der Waals surface area contributed by atoms with Crippen LogP contribution in [0.1, 0.15) is 0 Å². The van der Waals surface area contributed by atoms with Gasteiger partial charge in [-0.2, -0.15) is 0 Å². The van der Waals surface area contributed by atoms with Crippen LogP contribution in [0.3, 0.4) is 0 Å². The van der Waals surface area contributed by atoms with Crippen LogP contribution in [0.4, 0.5) is 8.78 Å². The molecule has 0 N–H and O–H groups in total. The topological polar surface area (TPSA) is 67.1 Å². The zero-order chi connectivity index (χ0) is 22.3. The lowest BCUT2D eigenvalue weighted by Crippen LogP contribution is -2.07. The third-order valence-electron chi connectivity index (χ3n) is 4.98. The molecule has 0 saturated heterocycles. The molecule has 0 aliphatic heterocycles. The van der Waals surface area contributed by atoms with Crippen LogP contribution in [0, 0.1) is 11.6 Å². The van der Waals surface area contributed by atoms with E-state index < -0.39 is 17.1 Å². The number of methoxy groups -OCH3 is 4. The second kappa shape index (κ2) is 7.79. The molecule has 1 aromatic heterocycles. The quantitative estimate of drug-likeness (QED) is 0.420. The average molecular weight is 428 g/mol. The van der Waals surface area contributed by atoms with E-state index in [-0.39, 0.29) is 50.3 Å². The molecule has 160 valence electrons. The average Bonchev–Trinajstić information content (AvgIpc) is 2.76. The molecule has 0 fully saturated rings. The number of ether oxygens (including phenoxy) is 4. The van der Waals surface area contributed by atoms with Crippen LogP contribution < -0.4 is 24.4 Å². The molecule has 0 unspecified atom stereocenters. The summed E-state index contributed by atoms with van der Waals surface area (Å²) >= 11 is 0. The van der Waals surface area contributed by atoms with Gasteiger partial charge in [-0.05, 0) is 29.8 Å². The lowest BCUT2D eigenvalue weighted by molar-refractivity contribution is 0.354. The van der Waals surface area contributed by atoms with E-state index in [2.05, 4.69) is 0 Å². The number of hydrogen-bond acceptors (Lipinski definition) is 6. The van der Waals surface area contributed by atoms with Crippen molar-refractivity contribution in [1.29, 1.82) is 0 Å². The Hall–Kier alpha value is -3.81. The summed E-state index contributed by atoms with van der Waals surface area (Å²) in [6, 6.07) is 7.61. The lowest BCUT2D eigenvalue weighted by atomic mass is 9.99. The van der Waals surface area contributed by atoms with Crippen molar-refractivity contribution in [2.75, 3.05) is 28.4 Å². The van der Waals surface area contributed by atoms with Crippen LogP contribution in [0.15, 0.2) is 45.6 Å². The Morgan fingerprint density at radius 2 is 1.39 bits per heavy atom. The fraction of sp³-hybridized carbons (Fsp3) is 0.174. The van der Waals surface area contributed by atoms with Gasteiger partial charge in [0, 0.05) is 12.1 Å². The minimum Gasteiger partial charge on any atom is -0.496 e. The molecule has 31 heavy (non-hydrogen) atoms. The van der Waals surface area contributed by atoms with Crippen molar-refractivity contribution in [1.82, 2.24) is 0 Å². The van der Waals surface area contributed by atoms with E-state index in [1.54, 1.807) is 12.1 Å². The second-order valence-electron chi connectivity index (χ2n) is 6.63. The van der Waals surface area contributed by atoms with E-state index >= 15 is 0 Å². The molecular formula is C23H18F2O6. The number of halogens is 2. The molecule has 0 aliphatic rings. The smallest absolute Gasteiger partial charge is 0.204 e. The molecule has 0 amide bonds. The summed E-state index contributed by atoms with van der Waals surface area (Å²) in [6.45, 7) is 0. The van der Waals surface area contributed by atoms with Gasteiger partial charge in [-0.1, -0.05) is 0 Å². The fourth-order valence-electron chi connectivity index (χ4n) is 3.64. The van der Waals surface area contributed by atoms with Crippen molar-refractivity contribution in [3.63, 3.8) is 0 Å². The standard InChI is InChI=1S/C23H18F2O6/c1-27-15-6-5-14-20(26)19-17(29-3)10-16(28-2)18(11-7-12(24)9-13(25)8-11)23(19)31-21(14)22(15)30-4/h5-10H,1-4H3. The maximum absolute atomic E-state index is 14.0. The molecule has 0 saturated carbocycles. The van der Waals surface area contributed by atoms with E-state index in [9.17, 15) is 13.6 Å². The molecule has 3 aromatic carbocycles. The first-order valence-corrected chi connectivity index (χ1v) is 9.16. The molecule has 1 heterocycles. The monoisotopic (exact) mass is 428 g/mol. The van der Waals surface area contributed by atoms with Crippen molar-refractivity contribution in [3.8, 4) is 34.1 Å². The number of benzene rings is 3. The largest absolute Gasteiger partial charge is 0.496 e. The van der Waals surface area contributed by atoms with Gasteiger partial charge in [0.2, 0.25) is 11.2 Å². The van der Waals surface area contributed by atoms with E-state index in [0.29, 0.717) is 5.75 Å².